The number of carbonyl (C=O) groups is 2. The average molecular weight is 501 g/mol. The summed E-state index contributed by atoms with van der Waals surface area (Å²) in [5, 5.41) is 3.07. The van der Waals surface area contributed by atoms with Gasteiger partial charge in [0.05, 0.1) is 0 Å². The molecule has 0 aliphatic carbocycles. The minimum Gasteiger partial charge on any atom is -0.454 e. The van der Waals surface area contributed by atoms with Crippen molar-refractivity contribution in [1.82, 2.24) is 10.2 Å². The number of fused-ring (bicyclic) bond motifs is 1. The van der Waals surface area contributed by atoms with E-state index in [0.717, 1.165) is 28.0 Å². The summed E-state index contributed by atoms with van der Waals surface area (Å²) in [5.41, 5.74) is 4.14. The molecule has 194 valence electrons. The van der Waals surface area contributed by atoms with Crippen LogP contribution >= 0.6 is 0 Å². The third kappa shape index (κ3) is 7.35. The highest BCUT2D eigenvalue weighted by atomic mass is 16.7. The van der Waals surface area contributed by atoms with Crippen LogP contribution in [0, 0.1) is 12.8 Å². The second-order valence-corrected chi connectivity index (χ2v) is 10.0. The van der Waals surface area contributed by atoms with Crippen LogP contribution in [0.25, 0.3) is 0 Å². The van der Waals surface area contributed by atoms with Gasteiger partial charge in [0.1, 0.15) is 6.04 Å². The zero-order valence-corrected chi connectivity index (χ0v) is 21.9. The fourth-order valence-corrected chi connectivity index (χ4v) is 4.48. The van der Waals surface area contributed by atoms with Gasteiger partial charge in [0.25, 0.3) is 0 Å². The smallest absolute Gasteiger partial charge is 0.243 e. The molecule has 0 spiro atoms. The van der Waals surface area contributed by atoms with Gasteiger partial charge in [-0.25, -0.2) is 0 Å². The number of hydrogen-bond acceptors (Lipinski definition) is 4. The van der Waals surface area contributed by atoms with Gasteiger partial charge in [-0.3, -0.25) is 9.59 Å². The van der Waals surface area contributed by atoms with E-state index in [1.54, 1.807) is 4.90 Å². The number of carbonyl (C=O) groups excluding carboxylic acids is 2. The largest absolute Gasteiger partial charge is 0.454 e. The van der Waals surface area contributed by atoms with Crippen LogP contribution in [0.2, 0.25) is 0 Å². The number of ether oxygens (including phenoxy) is 2. The predicted octanol–water partition coefficient (Wildman–Crippen LogP) is 5.07. The molecule has 4 rings (SSSR count). The average Bonchev–Trinajstić information content (AvgIpc) is 3.36. The summed E-state index contributed by atoms with van der Waals surface area (Å²) in [6.45, 7) is 7.31. The van der Waals surface area contributed by atoms with Crippen molar-refractivity contribution in [1.29, 1.82) is 0 Å². The van der Waals surface area contributed by atoms with Crippen molar-refractivity contribution in [3.05, 3.63) is 95.1 Å². The van der Waals surface area contributed by atoms with Crippen molar-refractivity contribution in [3.63, 3.8) is 0 Å². The first-order valence-corrected chi connectivity index (χ1v) is 12.9. The molecule has 0 fully saturated rings. The molecule has 0 unspecified atom stereocenters. The fraction of sp³-hybridized carbons (Fsp3) is 0.355. The maximum atomic E-state index is 13.8. The van der Waals surface area contributed by atoms with E-state index >= 15 is 0 Å². The molecular weight excluding hydrogens is 464 g/mol. The van der Waals surface area contributed by atoms with Gasteiger partial charge in [-0.2, -0.15) is 0 Å². The van der Waals surface area contributed by atoms with E-state index in [2.05, 4.69) is 25.2 Å². The number of aryl methyl sites for hydroxylation is 2. The number of nitrogens with zero attached hydrogens (tertiary/aromatic N) is 1. The molecule has 3 aromatic carbocycles. The second-order valence-electron chi connectivity index (χ2n) is 10.0. The van der Waals surface area contributed by atoms with Crippen LogP contribution in [0.5, 0.6) is 11.5 Å². The van der Waals surface area contributed by atoms with Crippen LogP contribution in [0.3, 0.4) is 0 Å². The minimum absolute atomic E-state index is 0.0557. The number of hydrogen-bond donors (Lipinski definition) is 1. The van der Waals surface area contributed by atoms with Crippen molar-refractivity contribution in [2.75, 3.05) is 13.3 Å². The van der Waals surface area contributed by atoms with E-state index in [0.29, 0.717) is 37.6 Å². The molecule has 1 atom stereocenters. The Bertz CT molecular complexity index is 1210. The Morgan fingerprint density at radius 2 is 1.65 bits per heavy atom. The lowest BCUT2D eigenvalue weighted by molar-refractivity contribution is -0.141. The molecule has 0 saturated heterocycles. The summed E-state index contributed by atoms with van der Waals surface area (Å²) < 4.78 is 10.9. The third-order valence-corrected chi connectivity index (χ3v) is 6.46. The first-order valence-electron chi connectivity index (χ1n) is 12.9. The minimum atomic E-state index is -0.620. The lowest BCUT2D eigenvalue weighted by atomic mass is 10.0. The molecule has 0 saturated carbocycles. The van der Waals surface area contributed by atoms with Crippen molar-refractivity contribution in [3.8, 4) is 11.5 Å². The Morgan fingerprint density at radius 1 is 0.892 bits per heavy atom. The van der Waals surface area contributed by atoms with Gasteiger partial charge in [0, 0.05) is 25.9 Å². The van der Waals surface area contributed by atoms with Crippen LogP contribution < -0.4 is 14.8 Å². The van der Waals surface area contributed by atoms with E-state index in [9.17, 15) is 9.59 Å². The summed E-state index contributed by atoms with van der Waals surface area (Å²) >= 11 is 0. The van der Waals surface area contributed by atoms with Gasteiger partial charge in [-0.1, -0.05) is 80.1 Å². The fourth-order valence-electron chi connectivity index (χ4n) is 4.48. The van der Waals surface area contributed by atoms with E-state index in [1.807, 2.05) is 73.7 Å². The molecule has 0 bridgehead atoms. The van der Waals surface area contributed by atoms with Crippen LogP contribution in [-0.2, 0) is 29.0 Å². The summed E-state index contributed by atoms with van der Waals surface area (Å²) in [4.78, 5) is 29.1. The summed E-state index contributed by atoms with van der Waals surface area (Å²) in [5.74, 6) is 1.56. The molecule has 37 heavy (non-hydrogen) atoms. The van der Waals surface area contributed by atoms with E-state index < -0.39 is 6.04 Å². The normalized spacial score (nSPS) is 12.9. The molecule has 1 aliphatic rings. The second kappa shape index (κ2) is 12.4. The Kier molecular flexibility index (Phi) is 8.83. The Labute approximate surface area is 219 Å². The number of amides is 2. The highest BCUT2D eigenvalue weighted by molar-refractivity contribution is 5.88. The maximum absolute atomic E-state index is 13.8. The standard InChI is InChI=1S/C31H36N2O4/c1-22(2)19-32-31(35)27(17-24-9-5-4-6-10-24)33(20-26-11-7-8-23(3)16-26)30(34)15-13-25-12-14-28-29(18-25)37-21-36-28/h4-12,14,16,18,22,27H,13,15,17,19-21H2,1-3H3,(H,32,35)/t27-/m1/s1. The molecule has 6 heteroatoms. The van der Waals surface area contributed by atoms with Gasteiger partial charge < -0.3 is 19.7 Å². The SMILES string of the molecule is Cc1cccc(CN(C(=O)CCc2ccc3c(c2)OCO3)[C@H](Cc2ccccc2)C(=O)NCC(C)C)c1. The maximum Gasteiger partial charge on any atom is 0.243 e. The molecule has 6 nitrogen and oxygen atoms in total. The van der Waals surface area contributed by atoms with Gasteiger partial charge in [0.2, 0.25) is 18.6 Å². The van der Waals surface area contributed by atoms with E-state index in [-0.39, 0.29) is 25.0 Å². The first kappa shape index (κ1) is 26.3. The summed E-state index contributed by atoms with van der Waals surface area (Å²) in [7, 11) is 0. The zero-order chi connectivity index (χ0) is 26.2. The predicted molar refractivity (Wildman–Crippen MR) is 144 cm³/mol. The van der Waals surface area contributed by atoms with Crippen LogP contribution in [-0.4, -0.2) is 36.1 Å². The van der Waals surface area contributed by atoms with Crippen LogP contribution in [0.15, 0.2) is 72.8 Å². The zero-order valence-electron chi connectivity index (χ0n) is 21.9. The topological polar surface area (TPSA) is 67.9 Å². The van der Waals surface area contributed by atoms with E-state index in [4.69, 9.17) is 9.47 Å². The van der Waals surface area contributed by atoms with E-state index in [1.165, 1.54) is 0 Å². The van der Waals surface area contributed by atoms with Crippen molar-refractivity contribution < 1.29 is 19.1 Å². The lowest BCUT2D eigenvalue weighted by Crippen LogP contribution is -2.51. The number of rotatable bonds is 11. The molecule has 3 aromatic rings. The Hall–Kier alpha value is -3.80. The number of nitrogens with one attached hydrogen (secondary N) is 1. The highest BCUT2D eigenvalue weighted by Crippen LogP contribution is 2.33. The Balaban J connectivity index is 1.59. The summed E-state index contributed by atoms with van der Waals surface area (Å²) in [6.07, 6.45) is 1.28. The lowest BCUT2D eigenvalue weighted by Gasteiger charge is -2.32. The quantitative estimate of drug-likeness (QED) is 0.399. The van der Waals surface area contributed by atoms with Crippen molar-refractivity contribution in [2.24, 2.45) is 5.92 Å². The molecule has 1 N–H and O–H groups in total. The van der Waals surface area contributed by atoms with Gasteiger partial charge in [0.15, 0.2) is 11.5 Å². The molecule has 2 amide bonds. The first-order chi connectivity index (χ1) is 17.9. The molecule has 0 aromatic heterocycles. The third-order valence-electron chi connectivity index (χ3n) is 6.46. The summed E-state index contributed by atoms with van der Waals surface area (Å²) in [6, 6.07) is 23.1. The van der Waals surface area contributed by atoms with Gasteiger partial charge in [-0.05, 0) is 48.1 Å². The van der Waals surface area contributed by atoms with Gasteiger partial charge >= 0.3 is 0 Å². The molecule has 1 heterocycles. The molecule has 1 aliphatic heterocycles. The van der Waals surface area contributed by atoms with Gasteiger partial charge in [-0.15, -0.1) is 0 Å². The van der Waals surface area contributed by atoms with Crippen molar-refractivity contribution >= 4 is 11.8 Å². The molecular formula is C31H36N2O4. The van der Waals surface area contributed by atoms with Crippen molar-refractivity contribution in [2.45, 2.75) is 52.6 Å². The van der Waals surface area contributed by atoms with Crippen LogP contribution in [0.4, 0.5) is 0 Å². The molecule has 0 radical (unpaired) electrons. The highest BCUT2D eigenvalue weighted by Gasteiger charge is 2.30. The van der Waals surface area contributed by atoms with Crippen LogP contribution in [0.1, 0.15) is 42.5 Å². The Morgan fingerprint density at radius 3 is 2.41 bits per heavy atom. The number of benzene rings is 3. The monoisotopic (exact) mass is 500 g/mol.